The van der Waals surface area contributed by atoms with Crippen molar-refractivity contribution in [3.05, 3.63) is 48.0 Å². The second kappa shape index (κ2) is 8.39. The van der Waals surface area contributed by atoms with E-state index >= 15 is 0 Å². The number of rotatable bonds is 7. The third-order valence-corrected chi connectivity index (χ3v) is 3.84. The number of benzene rings is 2. The normalized spacial score (nSPS) is 12.5. The number of carbonyl (C=O) groups excluding carboxylic acids is 1. The SMILES string of the molecule is COc1cccc(CCNCC(=O)Nc2ccc3c(c2)OCCO3)c1. The first-order chi connectivity index (χ1) is 12.2. The molecule has 0 saturated heterocycles. The van der Waals surface area contributed by atoms with Crippen molar-refractivity contribution in [2.45, 2.75) is 6.42 Å². The Kier molecular flexibility index (Phi) is 5.74. The summed E-state index contributed by atoms with van der Waals surface area (Å²) in [6.07, 6.45) is 0.828. The van der Waals surface area contributed by atoms with E-state index in [1.165, 1.54) is 5.56 Å². The van der Waals surface area contributed by atoms with Gasteiger partial charge in [-0.25, -0.2) is 0 Å². The van der Waals surface area contributed by atoms with Gasteiger partial charge in [0.1, 0.15) is 19.0 Å². The van der Waals surface area contributed by atoms with Gasteiger partial charge in [-0.1, -0.05) is 12.1 Å². The fourth-order valence-electron chi connectivity index (χ4n) is 2.59. The van der Waals surface area contributed by atoms with E-state index in [0.717, 1.165) is 12.2 Å². The van der Waals surface area contributed by atoms with Gasteiger partial charge in [-0.05, 0) is 42.8 Å². The summed E-state index contributed by atoms with van der Waals surface area (Å²) in [5.74, 6) is 2.12. The molecular formula is C19H22N2O4. The Balaban J connectivity index is 1.42. The molecule has 132 valence electrons. The minimum Gasteiger partial charge on any atom is -0.497 e. The minimum atomic E-state index is -0.0951. The number of methoxy groups -OCH3 is 1. The first-order valence-corrected chi connectivity index (χ1v) is 8.28. The zero-order valence-electron chi connectivity index (χ0n) is 14.2. The first-order valence-electron chi connectivity index (χ1n) is 8.28. The van der Waals surface area contributed by atoms with E-state index in [1.54, 1.807) is 19.2 Å². The third kappa shape index (κ3) is 4.87. The van der Waals surface area contributed by atoms with Crippen LogP contribution in [0.4, 0.5) is 5.69 Å². The summed E-state index contributed by atoms with van der Waals surface area (Å²) >= 11 is 0. The van der Waals surface area contributed by atoms with Crippen LogP contribution in [0.15, 0.2) is 42.5 Å². The third-order valence-electron chi connectivity index (χ3n) is 3.84. The number of carbonyl (C=O) groups is 1. The second-order valence-electron chi connectivity index (χ2n) is 5.68. The van der Waals surface area contributed by atoms with Crippen LogP contribution in [0.25, 0.3) is 0 Å². The van der Waals surface area contributed by atoms with E-state index in [2.05, 4.69) is 10.6 Å². The van der Waals surface area contributed by atoms with Crippen LogP contribution in [0.2, 0.25) is 0 Å². The molecule has 0 saturated carbocycles. The second-order valence-corrected chi connectivity index (χ2v) is 5.68. The van der Waals surface area contributed by atoms with Gasteiger partial charge in [0, 0.05) is 11.8 Å². The van der Waals surface area contributed by atoms with Gasteiger partial charge in [0.15, 0.2) is 11.5 Å². The Hall–Kier alpha value is -2.73. The van der Waals surface area contributed by atoms with Crippen molar-refractivity contribution >= 4 is 11.6 Å². The van der Waals surface area contributed by atoms with E-state index in [1.807, 2.05) is 30.3 Å². The Morgan fingerprint density at radius 3 is 2.80 bits per heavy atom. The number of ether oxygens (including phenoxy) is 3. The highest BCUT2D eigenvalue weighted by Gasteiger charge is 2.12. The Bertz CT molecular complexity index is 733. The Morgan fingerprint density at radius 2 is 1.96 bits per heavy atom. The van der Waals surface area contributed by atoms with E-state index in [4.69, 9.17) is 14.2 Å². The van der Waals surface area contributed by atoms with Crippen molar-refractivity contribution in [2.24, 2.45) is 0 Å². The smallest absolute Gasteiger partial charge is 0.238 e. The van der Waals surface area contributed by atoms with Crippen LogP contribution in [0.1, 0.15) is 5.56 Å². The van der Waals surface area contributed by atoms with Crippen molar-refractivity contribution in [2.75, 3.05) is 38.7 Å². The molecule has 1 aliphatic rings. The lowest BCUT2D eigenvalue weighted by Crippen LogP contribution is -2.29. The van der Waals surface area contributed by atoms with Crippen LogP contribution in [-0.2, 0) is 11.2 Å². The number of anilines is 1. The maximum atomic E-state index is 12.0. The first kappa shape index (κ1) is 17.1. The van der Waals surface area contributed by atoms with E-state index in [9.17, 15) is 4.79 Å². The van der Waals surface area contributed by atoms with Crippen LogP contribution in [0, 0.1) is 0 Å². The molecule has 6 heteroatoms. The molecule has 0 bridgehead atoms. The Labute approximate surface area is 147 Å². The van der Waals surface area contributed by atoms with E-state index in [0.29, 0.717) is 36.9 Å². The van der Waals surface area contributed by atoms with Crippen molar-refractivity contribution in [3.63, 3.8) is 0 Å². The molecule has 0 fully saturated rings. The standard InChI is InChI=1S/C19H22N2O4/c1-23-16-4-2-3-14(11-16)7-8-20-13-19(22)21-15-5-6-17-18(12-15)25-10-9-24-17/h2-6,11-12,20H,7-10,13H2,1H3,(H,21,22). The molecular weight excluding hydrogens is 320 g/mol. The molecule has 6 nitrogen and oxygen atoms in total. The maximum absolute atomic E-state index is 12.0. The maximum Gasteiger partial charge on any atom is 0.238 e. The molecule has 0 spiro atoms. The average molecular weight is 342 g/mol. The average Bonchev–Trinajstić information content (AvgIpc) is 2.65. The molecule has 2 aromatic rings. The fraction of sp³-hybridized carbons (Fsp3) is 0.316. The predicted molar refractivity (Wildman–Crippen MR) is 95.6 cm³/mol. The van der Waals surface area contributed by atoms with E-state index in [-0.39, 0.29) is 12.5 Å². The van der Waals surface area contributed by atoms with Crippen molar-refractivity contribution in [3.8, 4) is 17.2 Å². The molecule has 2 aromatic carbocycles. The van der Waals surface area contributed by atoms with Crippen LogP contribution >= 0.6 is 0 Å². The zero-order valence-corrected chi connectivity index (χ0v) is 14.2. The zero-order chi connectivity index (χ0) is 17.5. The molecule has 0 radical (unpaired) electrons. The highest BCUT2D eigenvalue weighted by Crippen LogP contribution is 2.32. The summed E-state index contributed by atoms with van der Waals surface area (Å²) in [6, 6.07) is 13.3. The molecule has 1 heterocycles. The summed E-state index contributed by atoms with van der Waals surface area (Å²) in [7, 11) is 1.65. The number of hydrogen-bond acceptors (Lipinski definition) is 5. The largest absolute Gasteiger partial charge is 0.497 e. The van der Waals surface area contributed by atoms with E-state index < -0.39 is 0 Å². The lowest BCUT2D eigenvalue weighted by molar-refractivity contribution is -0.115. The predicted octanol–water partition coefficient (Wildman–Crippen LogP) is 2.24. The molecule has 0 aliphatic carbocycles. The van der Waals surface area contributed by atoms with Gasteiger partial charge in [-0.2, -0.15) is 0 Å². The van der Waals surface area contributed by atoms with Crippen LogP contribution < -0.4 is 24.8 Å². The number of fused-ring (bicyclic) bond motifs is 1. The summed E-state index contributed by atoms with van der Waals surface area (Å²) in [6.45, 7) is 2.03. The van der Waals surface area contributed by atoms with Crippen molar-refractivity contribution < 1.29 is 19.0 Å². The van der Waals surface area contributed by atoms with Gasteiger partial charge in [0.05, 0.1) is 13.7 Å². The highest BCUT2D eigenvalue weighted by molar-refractivity contribution is 5.92. The lowest BCUT2D eigenvalue weighted by atomic mass is 10.1. The van der Waals surface area contributed by atoms with Crippen molar-refractivity contribution in [1.29, 1.82) is 0 Å². The molecule has 0 aromatic heterocycles. The summed E-state index contributed by atoms with van der Waals surface area (Å²) < 4.78 is 16.2. The Morgan fingerprint density at radius 1 is 1.12 bits per heavy atom. The number of hydrogen-bond donors (Lipinski definition) is 2. The summed E-state index contributed by atoms with van der Waals surface area (Å²) in [4.78, 5) is 12.0. The molecule has 0 unspecified atom stereocenters. The summed E-state index contributed by atoms with van der Waals surface area (Å²) in [5, 5.41) is 6.00. The lowest BCUT2D eigenvalue weighted by Gasteiger charge is -2.19. The van der Waals surface area contributed by atoms with Crippen LogP contribution in [0.5, 0.6) is 17.2 Å². The minimum absolute atomic E-state index is 0.0951. The molecule has 3 rings (SSSR count). The molecule has 0 atom stereocenters. The fourth-order valence-corrected chi connectivity index (χ4v) is 2.59. The van der Waals surface area contributed by atoms with Gasteiger partial charge in [-0.15, -0.1) is 0 Å². The monoisotopic (exact) mass is 342 g/mol. The van der Waals surface area contributed by atoms with Gasteiger partial charge in [0.2, 0.25) is 5.91 Å². The van der Waals surface area contributed by atoms with Crippen molar-refractivity contribution in [1.82, 2.24) is 5.32 Å². The van der Waals surface area contributed by atoms with Gasteiger partial charge < -0.3 is 24.8 Å². The number of nitrogens with one attached hydrogen (secondary N) is 2. The molecule has 1 aliphatic heterocycles. The highest BCUT2D eigenvalue weighted by atomic mass is 16.6. The topological polar surface area (TPSA) is 68.8 Å². The number of amides is 1. The molecule has 1 amide bonds. The summed E-state index contributed by atoms with van der Waals surface area (Å²) in [5.41, 5.74) is 1.86. The quantitative estimate of drug-likeness (QED) is 0.755. The van der Waals surface area contributed by atoms with Crippen LogP contribution in [-0.4, -0.2) is 39.3 Å². The van der Waals surface area contributed by atoms with Gasteiger partial charge in [-0.3, -0.25) is 4.79 Å². The van der Waals surface area contributed by atoms with Gasteiger partial charge in [0.25, 0.3) is 0 Å². The molecule has 2 N–H and O–H groups in total. The van der Waals surface area contributed by atoms with Gasteiger partial charge >= 0.3 is 0 Å². The molecule has 25 heavy (non-hydrogen) atoms. The van der Waals surface area contributed by atoms with Crippen LogP contribution in [0.3, 0.4) is 0 Å².